The van der Waals surface area contributed by atoms with E-state index >= 15 is 0 Å². The zero-order valence-corrected chi connectivity index (χ0v) is 12.6. The number of carbonyl (C=O) groups excluding carboxylic acids is 2. The lowest BCUT2D eigenvalue weighted by atomic mass is 10.3. The highest BCUT2D eigenvalue weighted by Gasteiger charge is 2.10. The van der Waals surface area contributed by atoms with Gasteiger partial charge in [0.05, 0.1) is 18.7 Å². The van der Waals surface area contributed by atoms with Gasteiger partial charge < -0.3 is 10.6 Å². The molecule has 5 nitrogen and oxygen atoms in total. The van der Waals surface area contributed by atoms with Crippen LogP contribution in [-0.2, 0) is 16.0 Å². The molecule has 0 spiro atoms. The molecular formula is C13H15N3O2S2. The second kappa shape index (κ2) is 7.16. The van der Waals surface area contributed by atoms with Crippen molar-refractivity contribution >= 4 is 34.5 Å². The van der Waals surface area contributed by atoms with E-state index < -0.39 is 0 Å². The quantitative estimate of drug-likeness (QED) is 0.852. The molecule has 2 rings (SSSR count). The topological polar surface area (TPSA) is 71.1 Å². The van der Waals surface area contributed by atoms with E-state index in [9.17, 15) is 9.59 Å². The van der Waals surface area contributed by atoms with Gasteiger partial charge in [-0.15, -0.1) is 11.3 Å². The first-order chi connectivity index (χ1) is 9.69. The van der Waals surface area contributed by atoms with Crippen molar-refractivity contribution in [2.24, 2.45) is 0 Å². The highest BCUT2D eigenvalue weighted by atomic mass is 32.1. The van der Waals surface area contributed by atoms with Crippen LogP contribution in [0.5, 0.6) is 0 Å². The predicted molar refractivity (Wildman–Crippen MR) is 80.8 cm³/mol. The third-order valence-corrected chi connectivity index (χ3v) is 4.11. The van der Waals surface area contributed by atoms with E-state index in [0.29, 0.717) is 6.54 Å². The first kappa shape index (κ1) is 14.7. The van der Waals surface area contributed by atoms with E-state index in [4.69, 9.17) is 0 Å². The van der Waals surface area contributed by atoms with Gasteiger partial charge in [0.2, 0.25) is 11.8 Å². The van der Waals surface area contributed by atoms with Crippen LogP contribution in [0.15, 0.2) is 22.2 Å². The minimum atomic E-state index is -0.196. The van der Waals surface area contributed by atoms with Crippen LogP contribution in [0.25, 0.3) is 10.6 Å². The van der Waals surface area contributed by atoms with Gasteiger partial charge in [-0.1, -0.05) is 0 Å². The monoisotopic (exact) mass is 309 g/mol. The summed E-state index contributed by atoms with van der Waals surface area (Å²) in [6, 6.07) is 2.00. The second-order valence-electron chi connectivity index (χ2n) is 4.06. The highest BCUT2D eigenvalue weighted by Crippen LogP contribution is 2.25. The number of thiazole rings is 1. The van der Waals surface area contributed by atoms with E-state index in [0.717, 1.165) is 16.3 Å². The highest BCUT2D eigenvalue weighted by molar-refractivity contribution is 7.14. The molecular weight excluding hydrogens is 294 g/mol. The summed E-state index contributed by atoms with van der Waals surface area (Å²) in [4.78, 5) is 27.3. The first-order valence-corrected chi connectivity index (χ1v) is 8.01. The van der Waals surface area contributed by atoms with Gasteiger partial charge in [-0.3, -0.25) is 9.59 Å². The summed E-state index contributed by atoms with van der Waals surface area (Å²) in [5.74, 6) is -0.378. The summed E-state index contributed by atoms with van der Waals surface area (Å²) in [5, 5.41) is 12.0. The van der Waals surface area contributed by atoms with Crippen molar-refractivity contribution in [1.29, 1.82) is 0 Å². The molecule has 0 aromatic carbocycles. The number of carbonyl (C=O) groups is 2. The minimum absolute atomic E-state index is 0.00813. The fourth-order valence-corrected chi connectivity index (χ4v) is 3.10. The third-order valence-electron chi connectivity index (χ3n) is 2.48. The lowest BCUT2D eigenvalue weighted by Crippen LogP contribution is -2.37. The van der Waals surface area contributed by atoms with Crippen molar-refractivity contribution in [3.05, 3.63) is 27.9 Å². The number of hydrogen-bond donors (Lipinski definition) is 2. The third kappa shape index (κ3) is 4.14. The average molecular weight is 309 g/mol. The minimum Gasteiger partial charge on any atom is -0.355 e. The molecule has 2 aromatic rings. The van der Waals surface area contributed by atoms with Crippen LogP contribution < -0.4 is 10.6 Å². The Morgan fingerprint density at radius 2 is 2.10 bits per heavy atom. The normalized spacial score (nSPS) is 10.2. The van der Waals surface area contributed by atoms with Crippen LogP contribution >= 0.6 is 22.7 Å². The molecule has 0 unspecified atom stereocenters. The molecule has 0 radical (unpaired) electrons. The van der Waals surface area contributed by atoms with Crippen molar-refractivity contribution in [2.75, 3.05) is 13.1 Å². The number of nitrogens with zero attached hydrogens (tertiary/aromatic N) is 1. The fourth-order valence-electron chi connectivity index (χ4n) is 1.57. The van der Waals surface area contributed by atoms with Gasteiger partial charge >= 0.3 is 0 Å². The maximum absolute atomic E-state index is 11.7. The molecule has 0 saturated heterocycles. The van der Waals surface area contributed by atoms with Gasteiger partial charge in [0, 0.05) is 22.9 Å². The average Bonchev–Trinajstić information content (AvgIpc) is 3.07. The van der Waals surface area contributed by atoms with Crippen LogP contribution in [0.2, 0.25) is 0 Å². The van der Waals surface area contributed by atoms with Crippen molar-refractivity contribution in [3.63, 3.8) is 0 Å². The maximum Gasteiger partial charge on any atom is 0.239 e. The summed E-state index contributed by atoms with van der Waals surface area (Å²) in [6.45, 7) is 2.40. The second-order valence-corrected chi connectivity index (χ2v) is 5.70. The van der Waals surface area contributed by atoms with Gasteiger partial charge in [0.15, 0.2) is 0 Å². The van der Waals surface area contributed by atoms with Gasteiger partial charge in [0.1, 0.15) is 5.01 Å². The van der Waals surface area contributed by atoms with E-state index in [-0.39, 0.29) is 24.8 Å². The molecule has 0 aliphatic heterocycles. The molecule has 106 valence electrons. The molecule has 2 aromatic heterocycles. The number of nitrogens with one attached hydrogen (secondary N) is 2. The zero-order valence-electron chi connectivity index (χ0n) is 11.0. The Balaban J connectivity index is 1.84. The summed E-state index contributed by atoms with van der Waals surface area (Å²) in [5.41, 5.74) is 1.80. The molecule has 2 N–H and O–H groups in total. The SMILES string of the molecule is CCNC(=O)CNC(=O)Cc1csc(-c2ccsc2)n1. The molecule has 0 bridgehead atoms. The van der Waals surface area contributed by atoms with Gasteiger partial charge in [-0.25, -0.2) is 4.98 Å². The molecule has 0 saturated carbocycles. The molecule has 0 aliphatic carbocycles. The largest absolute Gasteiger partial charge is 0.355 e. The van der Waals surface area contributed by atoms with Crippen molar-refractivity contribution in [1.82, 2.24) is 15.6 Å². The number of hydrogen-bond acceptors (Lipinski definition) is 5. The Morgan fingerprint density at radius 3 is 2.80 bits per heavy atom. The van der Waals surface area contributed by atoms with Gasteiger partial charge in [-0.2, -0.15) is 11.3 Å². The molecule has 0 aliphatic rings. The number of amides is 2. The Hall–Kier alpha value is -1.73. The van der Waals surface area contributed by atoms with Crippen LogP contribution in [-0.4, -0.2) is 29.9 Å². The number of likely N-dealkylation sites (N-methyl/N-ethyl adjacent to an activating group) is 1. The molecule has 7 heteroatoms. The molecule has 0 fully saturated rings. The first-order valence-electron chi connectivity index (χ1n) is 6.19. The van der Waals surface area contributed by atoms with Gasteiger partial charge in [-0.05, 0) is 18.4 Å². The summed E-state index contributed by atoms with van der Waals surface area (Å²) >= 11 is 3.13. The van der Waals surface area contributed by atoms with E-state index in [1.807, 2.05) is 29.1 Å². The molecule has 0 atom stereocenters. The predicted octanol–water partition coefficient (Wildman–Crippen LogP) is 1.67. The van der Waals surface area contributed by atoms with Crippen LogP contribution in [0.3, 0.4) is 0 Å². The smallest absolute Gasteiger partial charge is 0.239 e. The fraction of sp³-hybridized carbons (Fsp3) is 0.308. The van der Waals surface area contributed by atoms with E-state index in [1.54, 1.807) is 11.3 Å². The number of thiophene rings is 1. The molecule has 20 heavy (non-hydrogen) atoms. The zero-order chi connectivity index (χ0) is 14.4. The van der Waals surface area contributed by atoms with Gasteiger partial charge in [0.25, 0.3) is 0 Å². The lowest BCUT2D eigenvalue weighted by Gasteiger charge is -2.03. The van der Waals surface area contributed by atoms with Crippen molar-refractivity contribution < 1.29 is 9.59 Å². The van der Waals surface area contributed by atoms with Crippen LogP contribution in [0.1, 0.15) is 12.6 Å². The number of aromatic nitrogens is 1. The number of rotatable bonds is 6. The Morgan fingerprint density at radius 1 is 1.25 bits per heavy atom. The van der Waals surface area contributed by atoms with Crippen molar-refractivity contribution in [3.8, 4) is 10.6 Å². The van der Waals surface area contributed by atoms with E-state index in [2.05, 4.69) is 15.6 Å². The Kier molecular flexibility index (Phi) is 5.25. The Bertz CT molecular complexity index is 578. The standard InChI is InChI=1S/C13H15N3O2S2/c1-2-14-12(18)6-15-11(17)5-10-8-20-13(16-10)9-3-4-19-7-9/h3-4,7-8H,2,5-6H2,1H3,(H,14,18)(H,15,17). The summed E-state index contributed by atoms with van der Waals surface area (Å²) in [6.07, 6.45) is 0.194. The van der Waals surface area contributed by atoms with E-state index in [1.165, 1.54) is 11.3 Å². The molecule has 2 amide bonds. The van der Waals surface area contributed by atoms with Crippen LogP contribution in [0.4, 0.5) is 0 Å². The Labute approximate surface area is 125 Å². The van der Waals surface area contributed by atoms with Crippen molar-refractivity contribution in [2.45, 2.75) is 13.3 Å². The summed E-state index contributed by atoms with van der Waals surface area (Å²) < 4.78 is 0. The maximum atomic E-state index is 11.7. The summed E-state index contributed by atoms with van der Waals surface area (Å²) in [7, 11) is 0. The molecule has 2 heterocycles. The lowest BCUT2D eigenvalue weighted by molar-refractivity contribution is -0.125. The van der Waals surface area contributed by atoms with Crippen LogP contribution in [0, 0.1) is 0 Å².